The van der Waals surface area contributed by atoms with Crippen LogP contribution in [0.15, 0.2) is 60.7 Å². The second-order valence-corrected chi connectivity index (χ2v) is 4.91. The maximum absolute atomic E-state index is 12.1. The van der Waals surface area contributed by atoms with Gasteiger partial charge in [0.15, 0.2) is 5.78 Å². The van der Waals surface area contributed by atoms with Crippen molar-refractivity contribution in [2.45, 2.75) is 12.8 Å². The lowest BCUT2D eigenvalue weighted by atomic mass is 10.1. The van der Waals surface area contributed by atoms with Crippen molar-refractivity contribution in [3.8, 4) is 5.75 Å². The van der Waals surface area contributed by atoms with Gasteiger partial charge in [0.05, 0.1) is 6.61 Å². The molecule has 0 aliphatic heterocycles. The summed E-state index contributed by atoms with van der Waals surface area (Å²) in [6.07, 6.45) is 4.94. The molecule has 22 heavy (non-hydrogen) atoms. The molecule has 0 saturated heterocycles. The number of aliphatic hydroxyl groups excluding tert-OH is 1. The van der Waals surface area contributed by atoms with Crippen LogP contribution in [0.3, 0.4) is 0 Å². The zero-order valence-corrected chi connectivity index (χ0v) is 12.4. The van der Waals surface area contributed by atoms with Crippen LogP contribution >= 0.6 is 0 Å². The van der Waals surface area contributed by atoms with E-state index in [1.165, 1.54) is 0 Å². The Bertz CT molecular complexity index is 600. The van der Waals surface area contributed by atoms with Crippen molar-refractivity contribution in [2.75, 3.05) is 13.2 Å². The number of unbranched alkanes of at least 4 members (excludes halogenated alkanes) is 1. The first kappa shape index (κ1) is 16.0. The standard InChI is InChI=1S/C19H20O3/c20-14-4-5-15-22-18-11-9-17(10-12-18)19(21)13-8-16-6-2-1-3-7-16/h1-3,6-13,20H,4-5,14-15H2/b13-8+. The van der Waals surface area contributed by atoms with Crippen LogP contribution in [0.25, 0.3) is 6.08 Å². The lowest BCUT2D eigenvalue weighted by molar-refractivity contribution is 0.104. The van der Waals surface area contributed by atoms with Gasteiger partial charge in [-0.1, -0.05) is 36.4 Å². The van der Waals surface area contributed by atoms with Gasteiger partial charge in [0.2, 0.25) is 0 Å². The van der Waals surface area contributed by atoms with Gasteiger partial charge in [0.1, 0.15) is 5.75 Å². The van der Waals surface area contributed by atoms with Gasteiger partial charge in [-0.2, -0.15) is 0 Å². The van der Waals surface area contributed by atoms with Crippen molar-refractivity contribution in [2.24, 2.45) is 0 Å². The average Bonchev–Trinajstić information content (AvgIpc) is 2.58. The lowest BCUT2D eigenvalue weighted by Gasteiger charge is -2.05. The number of ketones is 1. The third kappa shape index (κ3) is 5.19. The van der Waals surface area contributed by atoms with E-state index < -0.39 is 0 Å². The molecule has 0 aliphatic rings. The summed E-state index contributed by atoms with van der Waals surface area (Å²) in [7, 11) is 0. The summed E-state index contributed by atoms with van der Waals surface area (Å²) in [5.41, 5.74) is 1.63. The second-order valence-electron chi connectivity index (χ2n) is 4.91. The number of aliphatic hydroxyl groups is 1. The monoisotopic (exact) mass is 296 g/mol. The highest BCUT2D eigenvalue weighted by molar-refractivity contribution is 6.06. The summed E-state index contributed by atoms with van der Waals surface area (Å²) in [4.78, 5) is 12.1. The number of carbonyl (C=O) groups excluding carboxylic acids is 1. The Morgan fingerprint density at radius 2 is 1.73 bits per heavy atom. The molecule has 2 aromatic rings. The summed E-state index contributed by atoms with van der Waals surface area (Å²) < 4.78 is 5.53. The molecular weight excluding hydrogens is 276 g/mol. The molecule has 0 heterocycles. The Balaban J connectivity index is 1.89. The van der Waals surface area contributed by atoms with E-state index in [2.05, 4.69) is 0 Å². The zero-order chi connectivity index (χ0) is 15.6. The topological polar surface area (TPSA) is 46.5 Å². The number of allylic oxidation sites excluding steroid dienone is 1. The quantitative estimate of drug-likeness (QED) is 0.458. The van der Waals surface area contributed by atoms with E-state index in [9.17, 15) is 4.79 Å². The summed E-state index contributed by atoms with van der Waals surface area (Å²) >= 11 is 0. The van der Waals surface area contributed by atoms with E-state index in [0.29, 0.717) is 12.2 Å². The molecule has 3 nitrogen and oxygen atoms in total. The summed E-state index contributed by atoms with van der Waals surface area (Å²) in [5.74, 6) is 0.706. The highest BCUT2D eigenvalue weighted by Gasteiger charge is 2.02. The number of ether oxygens (including phenoxy) is 1. The van der Waals surface area contributed by atoms with Gasteiger partial charge in [-0.05, 0) is 48.7 Å². The van der Waals surface area contributed by atoms with Crippen molar-refractivity contribution in [1.29, 1.82) is 0 Å². The van der Waals surface area contributed by atoms with Gasteiger partial charge in [-0.3, -0.25) is 4.79 Å². The highest BCUT2D eigenvalue weighted by atomic mass is 16.5. The molecule has 0 amide bonds. The Morgan fingerprint density at radius 3 is 2.41 bits per heavy atom. The molecule has 0 unspecified atom stereocenters. The van der Waals surface area contributed by atoms with E-state index in [4.69, 9.17) is 9.84 Å². The third-order valence-electron chi connectivity index (χ3n) is 3.19. The number of rotatable bonds is 8. The van der Waals surface area contributed by atoms with E-state index >= 15 is 0 Å². The van der Waals surface area contributed by atoms with Crippen LogP contribution in [0.4, 0.5) is 0 Å². The predicted octanol–water partition coefficient (Wildman–Crippen LogP) is 3.73. The van der Waals surface area contributed by atoms with E-state index in [1.807, 2.05) is 36.4 Å². The van der Waals surface area contributed by atoms with Crippen LogP contribution in [0.2, 0.25) is 0 Å². The summed E-state index contributed by atoms with van der Waals surface area (Å²) in [6, 6.07) is 16.8. The van der Waals surface area contributed by atoms with E-state index in [1.54, 1.807) is 30.3 Å². The zero-order valence-electron chi connectivity index (χ0n) is 12.4. The molecule has 0 aliphatic carbocycles. The molecule has 0 bridgehead atoms. The first-order valence-electron chi connectivity index (χ1n) is 7.41. The number of hydrogen-bond donors (Lipinski definition) is 1. The van der Waals surface area contributed by atoms with Crippen molar-refractivity contribution in [1.82, 2.24) is 0 Å². The van der Waals surface area contributed by atoms with Crippen LogP contribution in [-0.4, -0.2) is 24.1 Å². The van der Waals surface area contributed by atoms with Gasteiger partial charge in [-0.15, -0.1) is 0 Å². The minimum Gasteiger partial charge on any atom is -0.494 e. The van der Waals surface area contributed by atoms with Gasteiger partial charge >= 0.3 is 0 Å². The molecule has 0 saturated carbocycles. The van der Waals surface area contributed by atoms with Gasteiger partial charge in [0, 0.05) is 12.2 Å². The fourth-order valence-corrected chi connectivity index (χ4v) is 1.95. The first-order valence-corrected chi connectivity index (χ1v) is 7.41. The highest BCUT2D eigenvalue weighted by Crippen LogP contribution is 2.14. The van der Waals surface area contributed by atoms with Crippen molar-refractivity contribution >= 4 is 11.9 Å². The fraction of sp³-hybridized carbons (Fsp3) is 0.211. The third-order valence-corrected chi connectivity index (χ3v) is 3.19. The van der Waals surface area contributed by atoms with Crippen molar-refractivity contribution in [3.63, 3.8) is 0 Å². The molecule has 0 atom stereocenters. The lowest BCUT2D eigenvalue weighted by Crippen LogP contribution is -1.99. The Kier molecular flexibility index (Phi) is 6.39. The largest absolute Gasteiger partial charge is 0.494 e. The summed E-state index contributed by atoms with van der Waals surface area (Å²) in [6.45, 7) is 0.756. The van der Waals surface area contributed by atoms with Crippen LogP contribution in [-0.2, 0) is 0 Å². The second kappa shape index (κ2) is 8.80. The normalized spacial score (nSPS) is 10.8. The molecular formula is C19H20O3. The average molecular weight is 296 g/mol. The maximum atomic E-state index is 12.1. The molecule has 0 radical (unpaired) electrons. The van der Waals surface area contributed by atoms with Crippen LogP contribution in [0.1, 0.15) is 28.8 Å². The number of carbonyl (C=O) groups is 1. The van der Waals surface area contributed by atoms with Crippen LogP contribution in [0.5, 0.6) is 5.75 Å². The van der Waals surface area contributed by atoms with Crippen LogP contribution < -0.4 is 4.74 Å². The molecule has 2 aromatic carbocycles. The van der Waals surface area contributed by atoms with Crippen molar-refractivity contribution in [3.05, 3.63) is 71.8 Å². The van der Waals surface area contributed by atoms with Gasteiger partial charge < -0.3 is 9.84 Å². The molecule has 2 rings (SSSR count). The van der Waals surface area contributed by atoms with Gasteiger partial charge in [0.25, 0.3) is 0 Å². The van der Waals surface area contributed by atoms with Gasteiger partial charge in [-0.25, -0.2) is 0 Å². The van der Waals surface area contributed by atoms with E-state index in [0.717, 1.165) is 24.2 Å². The predicted molar refractivity (Wildman–Crippen MR) is 88.1 cm³/mol. The molecule has 3 heteroatoms. The fourth-order valence-electron chi connectivity index (χ4n) is 1.95. The minimum absolute atomic E-state index is 0.0318. The molecule has 114 valence electrons. The molecule has 0 fully saturated rings. The molecule has 0 aromatic heterocycles. The van der Waals surface area contributed by atoms with Crippen molar-refractivity contribution < 1.29 is 14.6 Å². The van der Waals surface area contributed by atoms with Crippen LogP contribution in [0, 0.1) is 0 Å². The minimum atomic E-state index is -0.0318. The first-order chi connectivity index (χ1) is 10.8. The summed E-state index contributed by atoms with van der Waals surface area (Å²) in [5, 5.41) is 8.69. The maximum Gasteiger partial charge on any atom is 0.185 e. The number of benzene rings is 2. The molecule has 1 N–H and O–H groups in total. The Labute approximate surface area is 130 Å². The smallest absolute Gasteiger partial charge is 0.185 e. The Morgan fingerprint density at radius 1 is 1.00 bits per heavy atom. The SMILES string of the molecule is O=C(/C=C/c1ccccc1)c1ccc(OCCCCO)cc1. The molecule has 0 spiro atoms. The van der Waals surface area contributed by atoms with E-state index in [-0.39, 0.29) is 12.4 Å². The number of hydrogen-bond acceptors (Lipinski definition) is 3. The Hall–Kier alpha value is -2.39.